The van der Waals surface area contributed by atoms with Gasteiger partial charge in [0.25, 0.3) is 0 Å². The third-order valence-electron chi connectivity index (χ3n) is 4.07. The zero-order chi connectivity index (χ0) is 18.1. The van der Waals surface area contributed by atoms with Crippen molar-refractivity contribution in [3.8, 4) is 5.75 Å². The summed E-state index contributed by atoms with van der Waals surface area (Å²) in [4.78, 5) is 18.5. The highest BCUT2D eigenvalue weighted by molar-refractivity contribution is 5.84. The molecule has 0 aliphatic heterocycles. The summed E-state index contributed by atoms with van der Waals surface area (Å²) >= 11 is 0. The summed E-state index contributed by atoms with van der Waals surface area (Å²) in [7, 11) is 0. The number of hydrogen-bond acceptors (Lipinski definition) is 6. The van der Waals surface area contributed by atoms with Crippen LogP contribution in [0.15, 0.2) is 36.7 Å². The molecule has 9 heteroatoms. The zero-order valence-corrected chi connectivity index (χ0v) is 12.8. The SMILES string of the molecule is O=C([O-])c1cnc(NC2(c3ccccc3OC(F)(F)F)CCC2)nc1. The van der Waals surface area contributed by atoms with Crippen LogP contribution in [0.5, 0.6) is 5.75 Å². The summed E-state index contributed by atoms with van der Waals surface area (Å²) in [5.74, 6) is -1.58. The van der Waals surface area contributed by atoms with Gasteiger partial charge in [-0.3, -0.25) is 0 Å². The van der Waals surface area contributed by atoms with Crippen LogP contribution in [0.25, 0.3) is 0 Å². The van der Waals surface area contributed by atoms with Crippen molar-refractivity contribution in [1.82, 2.24) is 9.97 Å². The van der Waals surface area contributed by atoms with Gasteiger partial charge in [0.05, 0.1) is 11.5 Å². The second kappa shape index (κ2) is 6.23. The van der Waals surface area contributed by atoms with E-state index in [1.54, 1.807) is 12.1 Å². The first-order valence-electron chi connectivity index (χ1n) is 7.46. The number of carbonyl (C=O) groups is 1. The Morgan fingerprint density at radius 2 is 1.84 bits per heavy atom. The molecule has 0 radical (unpaired) electrons. The lowest BCUT2D eigenvalue weighted by atomic mass is 9.71. The Hall–Kier alpha value is -2.84. The molecule has 3 rings (SSSR count). The van der Waals surface area contributed by atoms with Crippen molar-refractivity contribution in [1.29, 1.82) is 0 Å². The lowest BCUT2D eigenvalue weighted by Gasteiger charge is -2.43. The van der Waals surface area contributed by atoms with E-state index in [1.165, 1.54) is 12.1 Å². The van der Waals surface area contributed by atoms with E-state index < -0.39 is 17.9 Å². The van der Waals surface area contributed by atoms with Crippen LogP contribution in [0.1, 0.15) is 35.2 Å². The molecule has 1 saturated carbocycles. The number of aromatic carboxylic acids is 1. The smallest absolute Gasteiger partial charge is 0.545 e. The fourth-order valence-corrected chi connectivity index (χ4v) is 2.78. The van der Waals surface area contributed by atoms with Crippen LogP contribution in [-0.2, 0) is 5.54 Å². The van der Waals surface area contributed by atoms with Gasteiger partial charge in [-0.1, -0.05) is 18.2 Å². The highest BCUT2D eigenvalue weighted by atomic mass is 19.4. The topological polar surface area (TPSA) is 87.2 Å². The van der Waals surface area contributed by atoms with E-state index >= 15 is 0 Å². The van der Waals surface area contributed by atoms with Crippen LogP contribution in [-0.4, -0.2) is 22.3 Å². The summed E-state index contributed by atoms with van der Waals surface area (Å²) in [6, 6.07) is 5.90. The minimum Gasteiger partial charge on any atom is -0.545 e. The number of nitrogens with zero attached hydrogens (tertiary/aromatic N) is 2. The van der Waals surface area contributed by atoms with E-state index in [1.807, 2.05) is 0 Å². The van der Waals surface area contributed by atoms with Crippen LogP contribution in [0, 0.1) is 0 Å². The zero-order valence-electron chi connectivity index (χ0n) is 12.8. The second-order valence-corrected chi connectivity index (χ2v) is 5.69. The summed E-state index contributed by atoms with van der Waals surface area (Å²) in [6.07, 6.45) is -0.698. The molecular weight excluding hydrogens is 339 g/mol. The Balaban J connectivity index is 1.90. The molecule has 0 spiro atoms. The van der Waals surface area contributed by atoms with Gasteiger partial charge in [-0.25, -0.2) is 9.97 Å². The fraction of sp³-hybridized carbons (Fsp3) is 0.312. The van der Waals surface area contributed by atoms with E-state index in [0.717, 1.165) is 18.8 Å². The van der Waals surface area contributed by atoms with E-state index in [4.69, 9.17) is 0 Å². The molecule has 1 fully saturated rings. The Kier molecular flexibility index (Phi) is 4.23. The second-order valence-electron chi connectivity index (χ2n) is 5.69. The first kappa shape index (κ1) is 17.0. The van der Waals surface area contributed by atoms with Gasteiger partial charge in [0.15, 0.2) is 0 Å². The minimum absolute atomic E-state index is 0.117. The Bertz CT molecular complexity index is 774. The lowest BCUT2D eigenvalue weighted by molar-refractivity contribution is -0.275. The number of alkyl halides is 3. The average Bonchev–Trinajstić information content (AvgIpc) is 2.51. The average molecular weight is 352 g/mol. The van der Waals surface area contributed by atoms with E-state index in [9.17, 15) is 23.1 Å². The molecule has 1 heterocycles. The number of benzene rings is 1. The van der Waals surface area contributed by atoms with Gasteiger partial charge in [-0.05, 0) is 25.3 Å². The van der Waals surface area contributed by atoms with Crippen molar-refractivity contribution in [2.45, 2.75) is 31.2 Å². The van der Waals surface area contributed by atoms with Crippen molar-refractivity contribution in [2.24, 2.45) is 0 Å². The number of rotatable bonds is 5. The molecule has 1 aromatic carbocycles. The number of ether oxygens (including phenoxy) is 1. The van der Waals surface area contributed by atoms with Crippen molar-refractivity contribution in [3.05, 3.63) is 47.8 Å². The predicted molar refractivity (Wildman–Crippen MR) is 78.6 cm³/mol. The van der Waals surface area contributed by atoms with Crippen LogP contribution in [0.4, 0.5) is 19.1 Å². The number of anilines is 1. The summed E-state index contributed by atoms with van der Waals surface area (Å²) in [5, 5.41) is 13.7. The molecular formula is C16H13F3N3O3-. The highest BCUT2D eigenvalue weighted by Gasteiger charge is 2.43. The largest absolute Gasteiger partial charge is 0.573 e. The molecule has 6 nitrogen and oxygen atoms in total. The Morgan fingerprint density at radius 1 is 1.20 bits per heavy atom. The van der Waals surface area contributed by atoms with E-state index in [2.05, 4.69) is 20.0 Å². The standard InChI is InChI=1S/C16H14F3N3O3/c17-16(18,19)25-12-5-2-1-4-11(12)15(6-3-7-15)22-14-20-8-10(9-21-14)13(23)24/h1-2,4-5,8-9H,3,6-7H2,(H,23,24)(H,20,21,22)/p-1. The molecule has 0 atom stereocenters. The van der Waals surface area contributed by atoms with Gasteiger partial charge in [-0.15, -0.1) is 13.2 Å². The molecule has 0 unspecified atom stereocenters. The molecule has 25 heavy (non-hydrogen) atoms. The van der Waals surface area contributed by atoms with Gasteiger partial charge in [-0.2, -0.15) is 0 Å². The Labute approximate surface area is 140 Å². The van der Waals surface area contributed by atoms with Crippen molar-refractivity contribution in [2.75, 3.05) is 5.32 Å². The van der Waals surface area contributed by atoms with Crippen molar-refractivity contribution >= 4 is 11.9 Å². The van der Waals surface area contributed by atoms with E-state index in [0.29, 0.717) is 18.4 Å². The molecule has 1 N–H and O–H groups in total. The Morgan fingerprint density at radius 3 is 2.36 bits per heavy atom. The van der Waals surface area contributed by atoms with Crippen LogP contribution >= 0.6 is 0 Å². The molecule has 0 bridgehead atoms. The monoisotopic (exact) mass is 352 g/mol. The van der Waals surface area contributed by atoms with Gasteiger partial charge in [0, 0.05) is 23.5 Å². The van der Waals surface area contributed by atoms with Crippen LogP contribution < -0.4 is 15.2 Å². The number of para-hydroxylation sites is 1. The minimum atomic E-state index is -4.80. The number of hydrogen-bond donors (Lipinski definition) is 1. The van der Waals surface area contributed by atoms with Gasteiger partial charge < -0.3 is 20.0 Å². The molecule has 132 valence electrons. The fourth-order valence-electron chi connectivity index (χ4n) is 2.78. The lowest BCUT2D eigenvalue weighted by Crippen LogP contribution is -2.43. The van der Waals surface area contributed by atoms with Gasteiger partial charge in [0.2, 0.25) is 5.95 Å². The molecule has 0 saturated heterocycles. The third kappa shape index (κ3) is 3.65. The quantitative estimate of drug-likeness (QED) is 0.888. The predicted octanol–water partition coefficient (Wildman–Crippen LogP) is 2.23. The third-order valence-corrected chi connectivity index (χ3v) is 4.07. The summed E-state index contributed by atoms with van der Waals surface area (Å²) in [5.41, 5.74) is -0.634. The maximum absolute atomic E-state index is 12.6. The molecule has 2 aromatic rings. The number of carboxylic acids is 1. The van der Waals surface area contributed by atoms with Gasteiger partial charge in [0.1, 0.15) is 5.75 Å². The summed E-state index contributed by atoms with van der Waals surface area (Å²) in [6.45, 7) is 0. The maximum Gasteiger partial charge on any atom is 0.573 e. The molecule has 0 amide bonds. The number of halogens is 3. The maximum atomic E-state index is 12.6. The number of aromatic nitrogens is 2. The van der Waals surface area contributed by atoms with Crippen molar-refractivity contribution < 1.29 is 27.8 Å². The van der Waals surface area contributed by atoms with Crippen LogP contribution in [0.3, 0.4) is 0 Å². The molecule has 1 aromatic heterocycles. The molecule has 1 aliphatic carbocycles. The highest BCUT2D eigenvalue weighted by Crippen LogP contribution is 2.47. The van der Waals surface area contributed by atoms with Crippen molar-refractivity contribution in [3.63, 3.8) is 0 Å². The van der Waals surface area contributed by atoms with E-state index in [-0.39, 0.29) is 17.3 Å². The van der Waals surface area contributed by atoms with Crippen LogP contribution in [0.2, 0.25) is 0 Å². The van der Waals surface area contributed by atoms with Gasteiger partial charge >= 0.3 is 6.36 Å². The number of nitrogens with one attached hydrogen (secondary N) is 1. The first-order valence-corrected chi connectivity index (χ1v) is 7.46. The normalized spacial score (nSPS) is 16.0. The summed E-state index contributed by atoms with van der Waals surface area (Å²) < 4.78 is 42.1. The first-order chi connectivity index (χ1) is 11.8. The molecule has 1 aliphatic rings. The number of carboxylic acid groups (broad SMARTS) is 1. The number of carbonyl (C=O) groups excluding carboxylic acids is 1.